The summed E-state index contributed by atoms with van der Waals surface area (Å²) in [6.07, 6.45) is 0. The largest absolute Gasteiger partial charge is 0.480 e. The molecule has 5 nitrogen and oxygen atoms in total. The van der Waals surface area contributed by atoms with Crippen LogP contribution >= 0.6 is 0 Å². The SMILES string of the molecule is CC1CN(C(=O)N[C@@H](C(=O)O)C(C)C)CC1C. The maximum absolute atomic E-state index is 11.9. The fourth-order valence-electron chi connectivity index (χ4n) is 2.03. The lowest BCUT2D eigenvalue weighted by molar-refractivity contribution is -0.140. The summed E-state index contributed by atoms with van der Waals surface area (Å²) in [5.41, 5.74) is 0. The lowest BCUT2D eigenvalue weighted by atomic mass is 10.0. The number of aliphatic carboxylic acids is 1. The van der Waals surface area contributed by atoms with Crippen molar-refractivity contribution < 1.29 is 14.7 Å². The van der Waals surface area contributed by atoms with Crippen molar-refractivity contribution in [3.8, 4) is 0 Å². The smallest absolute Gasteiger partial charge is 0.326 e. The first kappa shape index (κ1) is 13.8. The minimum Gasteiger partial charge on any atom is -0.480 e. The van der Waals surface area contributed by atoms with E-state index in [1.54, 1.807) is 18.7 Å². The first-order valence-corrected chi connectivity index (χ1v) is 6.11. The summed E-state index contributed by atoms with van der Waals surface area (Å²) >= 11 is 0. The van der Waals surface area contributed by atoms with Gasteiger partial charge in [0.15, 0.2) is 0 Å². The van der Waals surface area contributed by atoms with Gasteiger partial charge in [0.25, 0.3) is 0 Å². The second-order valence-electron chi connectivity index (χ2n) is 5.37. The molecule has 2 amide bonds. The highest BCUT2D eigenvalue weighted by Gasteiger charge is 2.32. The van der Waals surface area contributed by atoms with Gasteiger partial charge in [0.1, 0.15) is 6.04 Å². The van der Waals surface area contributed by atoms with E-state index in [1.807, 2.05) is 0 Å². The molecule has 98 valence electrons. The maximum atomic E-state index is 11.9. The van der Waals surface area contributed by atoms with Gasteiger partial charge in [0.05, 0.1) is 0 Å². The second kappa shape index (κ2) is 5.38. The van der Waals surface area contributed by atoms with Gasteiger partial charge < -0.3 is 15.3 Å². The molecule has 0 saturated carbocycles. The third-order valence-electron chi connectivity index (χ3n) is 3.49. The molecule has 17 heavy (non-hydrogen) atoms. The number of carboxylic acids is 1. The number of rotatable bonds is 3. The first-order chi connectivity index (χ1) is 7.82. The Morgan fingerprint density at radius 3 is 2.06 bits per heavy atom. The normalized spacial score (nSPS) is 26.1. The van der Waals surface area contributed by atoms with Gasteiger partial charge in [-0.05, 0) is 17.8 Å². The fraction of sp³-hybridized carbons (Fsp3) is 0.833. The van der Waals surface area contributed by atoms with Gasteiger partial charge in [0.2, 0.25) is 0 Å². The third-order valence-corrected chi connectivity index (χ3v) is 3.49. The molecule has 0 aromatic heterocycles. The average Bonchev–Trinajstić information content (AvgIpc) is 2.54. The van der Waals surface area contributed by atoms with Crippen LogP contribution in [0.5, 0.6) is 0 Å². The van der Waals surface area contributed by atoms with Crippen molar-refractivity contribution in [1.29, 1.82) is 0 Å². The number of hydrogen-bond donors (Lipinski definition) is 2. The number of likely N-dealkylation sites (tertiary alicyclic amines) is 1. The Morgan fingerprint density at radius 1 is 1.24 bits per heavy atom. The standard InChI is InChI=1S/C12H22N2O3/c1-7(2)10(11(15)16)13-12(17)14-5-8(3)9(4)6-14/h7-10H,5-6H2,1-4H3,(H,13,17)(H,15,16)/t8?,9?,10-/m1/s1. The number of urea groups is 1. The topological polar surface area (TPSA) is 69.6 Å². The molecule has 1 rings (SSSR count). The molecule has 0 bridgehead atoms. The molecule has 0 aromatic carbocycles. The number of hydrogen-bond acceptors (Lipinski definition) is 2. The van der Waals surface area contributed by atoms with Crippen LogP contribution in [0.25, 0.3) is 0 Å². The van der Waals surface area contributed by atoms with Crippen LogP contribution in [0.3, 0.4) is 0 Å². The summed E-state index contributed by atoms with van der Waals surface area (Å²) in [4.78, 5) is 24.6. The quantitative estimate of drug-likeness (QED) is 0.785. The predicted molar refractivity (Wildman–Crippen MR) is 64.7 cm³/mol. The zero-order chi connectivity index (χ0) is 13.2. The summed E-state index contributed by atoms with van der Waals surface area (Å²) in [5, 5.41) is 11.6. The summed E-state index contributed by atoms with van der Waals surface area (Å²) in [6, 6.07) is -1.07. The second-order valence-corrected chi connectivity index (χ2v) is 5.37. The molecule has 0 aliphatic carbocycles. The van der Waals surface area contributed by atoms with E-state index in [2.05, 4.69) is 19.2 Å². The van der Waals surface area contributed by atoms with E-state index in [4.69, 9.17) is 5.11 Å². The van der Waals surface area contributed by atoms with Crippen LogP contribution in [0.4, 0.5) is 4.79 Å². The number of nitrogens with zero attached hydrogens (tertiary/aromatic N) is 1. The Bertz CT molecular complexity index is 294. The van der Waals surface area contributed by atoms with Crippen LogP contribution in [-0.4, -0.2) is 41.1 Å². The van der Waals surface area contributed by atoms with E-state index in [0.717, 1.165) is 0 Å². The average molecular weight is 242 g/mol. The highest BCUT2D eigenvalue weighted by molar-refractivity contribution is 5.82. The molecular weight excluding hydrogens is 220 g/mol. The Morgan fingerprint density at radius 2 is 1.71 bits per heavy atom. The van der Waals surface area contributed by atoms with Gasteiger partial charge in [-0.15, -0.1) is 0 Å². The number of nitrogens with one attached hydrogen (secondary N) is 1. The van der Waals surface area contributed by atoms with E-state index < -0.39 is 12.0 Å². The summed E-state index contributed by atoms with van der Waals surface area (Å²) in [7, 11) is 0. The van der Waals surface area contributed by atoms with Crippen molar-refractivity contribution in [2.45, 2.75) is 33.7 Å². The van der Waals surface area contributed by atoms with Crippen LogP contribution < -0.4 is 5.32 Å². The van der Waals surface area contributed by atoms with Crippen molar-refractivity contribution in [2.24, 2.45) is 17.8 Å². The number of carboxylic acid groups (broad SMARTS) is 1. The summed E-state index contributed by atoms with van der Waals surface area (Å²) in [5.74, 6) is -0.145. The van der Waals surface area contributed by atoms with Crippen molar-refractivity contribution >= 4 is 12.0 Å². The molecular formula is C12H22N2O3. The van der Waals surface area contributed by atoms with Crippen molar-refractivity contribution in [3.05, 3.63) is 0 Å². The zero-order valence-electron chi connectivity index (χ0n) is 10.9. The molecule has 0 radical (unpaired) electrons. The minimum absolute atomic E-state index is 0.117. The predicted octanol–water partition coefficient (Wildman–Crippen LogP) is 1.39. The highest BCUT2D eigenvalue weighted by Crippen LogP contribution is 2.22. The van der Waals surface area contributed by atoms with Gasteiger partial charge in [0, 0.05) is 13.1 Å². The maximum Gasteiger partial charge on any atom is 0.326 e. The molecule has 1 fully saturated rings. The van der Waals surface area contributed by atoms with Crippen LogP contribution in [0.1, 0.15) is 27.7 Å². The Kier molecular flexibility index (Phi) is 4.37. The summed E-state index contributed by atoms with van der Waals surface area (Å²) in [6.45, 7) is 9.20. The van der Waals surface area contributed by atoms with Crippen molar-refractivity contribution in [2.75, 3.05) is 13.1 Å². The van der Waals surface area contributed by atoms with E-state index in [-0.39, 0.29) is 11.9 Å². The zero-order valence-corrected chi connectivity index (χ0v) is 10.9. The van der Waals surface area contributed by atoms with E-state index in [0.29, 0.717) is 24.9 Å². The molecule has 1 aliphatic rings. The molecule has 3 atom stereocenters. The molecule has 5 heteroatoms. The van der Waals surface area contributed by atoms with Gasteiger partial charge in [-0.25, -0.2) is 9.59 Å². The molecule has 1 heterocycles. The Hall–Kier alpha value is -1.26. The van der Waals surface area contributed by atoms with Crippen molar-refractivity contribution in [1.82, 2.24) is 10.2 Å². The molecule has 0 aromatic rings. The van der Waals surface area contributed by atoms with E-state index in [9.17, 15) is 9.59 Å². The molecule has 1 aliphatic heterocycles. The van der Waals surface area contributed by atoms with Crippen LogP contribution in [0, 0.1) is 17.8 Å². The Labute approximate surface area is 102 Å². The summed E-state index contributed by atoms with van der Waals surface area (Å²) < 4.78 is 0. The number of amides is 2. The molecule has 2 unspecified atom stereocenters. The third kappa shape index (κ3) is 3.35. The van der Waals surface area contributed by atoms with E-state index >= 15 is 0 Å². The van der Waals surface area contributed by atoms with Crippen LogP contribution in [-0.2, 0) is 4.79 Å². The van der Waals surface area contributed by atoms with E-state index in [1.165, 1.54) is 0 Å². The van der Waals surface area contributed by atoms with Gasteiger partial charge >= 0.3 is 12.0 Å². The molecule has 1 saturated heterocycles. The van der Waals surface area contributed by atoms with Gasteiger partial charge in [-0.2, -0.15) is 0 Å². The molecule has 2 N–H and O–H groups in total. The van der Waals surface area contributed by atoms with Crippen LogP contribution in [0.2, 0.25) is 0 Å². The lowest BCUT2D eigenvalue weighted by Crippen LogP contribution is -2.49. The minimum atomic E-state index is -0.978. The van der Waals surface area contributed by atoms with Crippen LogP contribution in [0.15, 0.2) is 0 Å². The Balaban J connectivity index is 2.57. The monoisotopic (exact) mass is 242 g/mol. The van der Waals surface area contributed by atoms with Gasteiger partial charge in [-0.3, -0.25) is 0 Å². The number of carbonyl (C=O) groups excluding carboxylic acids is 1. The first-order valence-electron chi connectivity index (χ1n) is 6.11. The number of carbonyl (C=O) groups is 2. The highest BCUT2D eigenvalue weighted by atomic mass is 16.4. The van der Waals surface area contributed by atoms with Crippen molar-refractivity contribution in [3.63, 3.8) is 0 Å². The molecule has 0 spiro atoms. The lowest BCUT2D eigenvalue weighted by Gasteiger charge is -2.23. The van der Waals surface area contributed by atoms with Gasteiger partial charge in [-0.1, -0.05) is 27.7 Å². The fourth-order valence-corrected chi connectivity index (χ4v) is 2.03.